The van der Waals surface area contributed by atoms with Crippen LogP contribution in [-0.4, -0.2) is 4.98 Å². The normalized spacial score (nSPS) is 12.4. The lowest BCUT2D eigenvalue weighted by atomic mass is 10.3. The van der Waals surface area contributed by atoms with Crippen LogP contribution in [0, 0.1) is 6.92 Å². The number of rotatable bonds is 1. The summed E-state index contributed by atoms with van der Waals surface area (Å²) >= 11 is 0. The molecule has 0 aliphatic rings. The fourth-order valence-corrected chi connectivity index (χ4v) is 0.959. The largest absolute Gasteiger partial charge is 0.361 e. The fourth-order valence-electron chi connectivity index (χ4n) is 0.959. The number of hydrogen-bond donors (Lipinski definition) is 1. The van der Waals surface area contributed by atoms with Crippen molar-refractivity contribution >= 4 is 12.7 Å². The first-order valence-electron chi connectivity index (χ1n) is 3.58. The number of hydrogen-bond acceptors (Lipinski definition) is 0. The van der Waals surface area contributed by atoms with Crippen LogP contribution >= 0.6 is 0 Å². The summed E-state index contributed by atoms with van der Waals surface area (Å²) < 4.78 is 0. The predicted octanol–water partition coefficient (Wildman–Crippen LogP) is 0.924. The minimum absolute atomic E-state index is 1.06. The van der Waals surface area contributed by atoms with Gasteiger partial charge in [0.2, 0.25) is 0 Å². The first-order valence-corrected chi connectivity index (χ1v) is 3.58. The van der Waals surface area contributed by atoms with Crippen LogP contribution in [0.25, 0.3) is 12.7 Å². The van der Waals surface area contributed by atoms with Crippen molar-refractivity contribution in [3.05, 3.63) is 22.3 Å². The van der Waals surface area contributed by atoms with Gasteiger partial charge in [0, 0.05) is 11.5 Å². The number of aryl methyl sites for hydroxylation is 1. The van der Waals surface area contributed by atoms with Crippen molar-refractivity contribution in [3.63, 3.8) is 0 Å². The standard InChI is InChI=1S/C9H13N/c1-4-5-9-8(3)7(2)6-10-9/h5-6,10H,3-4H2,1-2H3/b9-5+. The highest BCUT2D eigenvalue weighted by atomic mass is 14.6. The second-order valence-electron chi connectivity index (χ2n) is 2.48. The highest BCUT2D eigenvalue weighted by Crippen LogP contribution is 1.78. The highest BCUT2D eigenvalue weighted by molar-refractivity contribution is 5.25. The summed E-state index contributed by atoms with van der Waals surface area (Å²) in [7, 11) is 0. The van der Waals surface area contributed by atoms with E-state index in [0.717, 1.165) is 11.6 Å². The molecule has 0 saturated heterocycles. The predicted molar refractivity (Wildman–Crippen MR) is 45.1 cm³/mol. The lowest BCUT2D eigenvalue weighted by Crippen LogP contribution is -2.21. The van der Waals surface area contributed by atoms with Crippen LogP contribution in [0.2, 0.25) is 0 Å². The molecule has 0 spiro atoms. The molecule has 0 saturated carbocycles. The lowest BCUT2D eigenvalue weighted by Gasteiger charge is -1.77. The van der Waals surface area contributed by atoms with E-state index in [1.165, 1.54) is 10.9 Å². The van der Waals surface area contributed by atoms with E-state index in [4.69, 9.17) is 0 Å². The number of aromatic amines is 1. The molecule has 1 nitrogen and oxygen atoms in total. The molecule has 1 aromatic heterocycles. The number of nitrogens with one attached hydrogen (secondary N) is 1. The van der Waals surface area contributed by atoms with Crippen LogP contribution < -0.4 is 10.6 Å². The molecule has 0 amide bonds. The Bertz CT molecular complexity index is 306. The van der Waals surface area contributed by atoms with Crippen molar-refractivity contribution in [2.75, 3.05) is 0 Å². The van der Waals surface area contributed by atoms with Crippen molar-refractivity contribution < 1.29 is 0 Å². The van der Waals surface area contributed by atoms with Gasteiger partial charge in [0.1, 0.15) is 0 Å². The van der Waals surface area contributed by atoms with Crippen molar-refractivity contribution in [1.82, 2.24) is 4.98 Å². The lowest BCUT2D eigenvalue weighted by molar-refractivity contribution is 1.23. The first-order chi connectivity index (χ1) is 4.75. The Hall–Kier alpha value is -0.980. The maximum absolute atomic E-state index is 3.94. The molecule has 0 aliphatic heterocycles. The van der Waals surface area contributed by atoms with Gasteiger partial charge in [-0.3, -0.25) is 0 Å². The van der Waals surface area contributed by atoms with Crippen LogP contribution in [0.3, 0.4) is 0 Å². The van der Waals surface area contributed by atoms with E-state index < -0.39 is 0 Å². The molecule has 1 heterocycles. The van der Waals surface area contributed by atoms with Crippen molar-refractivity contribution in [2.45, 2.75) is 20.3 Å². The van der Waals surface area contributed by atoms with E-state index in [-0.39, 0.29) is 0 Å². The molecule has 1 aromatic rings. The zero-order valence-electron chi connectivity index (χ0n) is 6.57. The monoisotopic (exact) mass is 135 g/mol. The summed E-state index contributed by atoms with van der Waals surface area (Å²) in [5.74, 6) is 0. The van der Waals surface area contributed by atoms with Gasteiger partial charge in [-0.15, -0.1) is 0 Å². The molecule has 0 aliphatic carbocycles. The molecule has 1 rings (SSSR count). The van der Waals surface area contributed by atoms with Crippen LogP contribution in [0.1, 0.15) is 18.9 Å². The molecule has 0 bridgehead atoms. The number of H-pyrrole nitrogens is 1. The molecule has 10 heavy (non-hydrogen) atoms. The fraction of sp³-hybridized carbons (Fsp3) is 0.333. The molecule has 0 aromatic carbocycles. The maximum atomic E-state index is 3.94. The molecule has 1 heteroatoms. The van der Waals surface area contributed by atoms with Gasteiger partial charge in [0.15, 0.2) is 0 Å². The summed E-state index contributed by atoms with van der Waals surface area (Å²) in [6, 6.07) is 0. The molecular weight excluding hydrogens is 122 g/mol. The second kappa shape index (κ2) is 2.74. The SMILES string of the molecule is C=c1c(C)c[nH]/c1=C/CC. The van der Waals surface area contributed by atoms with Crippen molar-refractivity contribution in [2.24, 2.45) is 0 Å². The molecule has 0 fully saturated rings. The summed E-state index contributed by atoms with van der Waals surface area (Å²) in [4.78, 5) is 3.16. The molecule has 0 radical (unpaired) electrons. The molecule has 0 atom stereocenters. The highest BCUT2D eigenvalue weighted by Gasteiger charge is 1.87. The van der Waals surface area contributed by atoms with Crippen molar-refractivity contribution in [1.29, 1.82) is 0 Å². The zero-order valence-corrected chi connectivity index (χ0v) is 6.57. The van der Waals surface area contributed by atoms with Crippen LogP contribution in [0.15, 0.2) is 6.20 Å². The van der Waals surface area contributed by atoms with E-state index in [9.17, 15) is 0 Å². The van der Waals surface area contributed by atoms with Gasteiger partial charge in [0.05, 0.1) is 0 Å². The molecule has 54 valence electrons. The zero-order chi connectivity index (χ0) is 7.56. The van der Waals surface area contributed by atoms with Gasteiger partial charge in [-0.1, -0.05) is 19.6 Å². The Labute approximate surface area is 61.1 Å². The Kier molecular flexibility index (Phi) is 1.95. The van der Waals surface area contributed by atoms with Gasteiger partial charge >= 0.3 is 0 Å². The third-order valence-corrected chi connectivity index (χ3v) is 1.65. The topological polar surface area (TPSA) is 15.8 Å². The third-order valence-electron chi connectivity index (χ3n) is 1.65. The molecule has 0 unspecified atom stereocenters. The Morgan fingerprint density at radius 1 is 1.70 bits per heavy atom. The quantitative estimate of drug-likeness (QED) is 0.589. The Morgan fingerprint density at radius 3 is 2.80 bits per heavy atom. The number of aromatic nitrogens is 1. The summed E-state index contributed by atoms with van der Waals surface area (Å²) in [6.07, 6.45) is 5.20. The van der Waals surface area contributed by atoms with Gasteiger partial charge in [-0.25, -0.2) is 0 Å². The van der Waals surface area contributed by atoms with E-state index in [2.05, 4.69) is 31.5 Å². The van der Waals surface area contributed by atoms with Gasteiger partial charge in [-0.05, 0) is 24.1 Å². The first kappa shape index (κ1) is 7.13. The average Bonchev–Trinajstić information content (AvgIpc) is 2.20. The van der Waals surface area contributed by atoms with Gasteiger partial charge < -0.3 is 4.98 Å². The second-order valence-corrected chi connectivity index (χ2v) is 2.48. The van der Waals surface area contributed by atoms with Crippen LogP contribution in [0.5, 0.6) is 0 Å². The summed E-state index contributed by atoms with van der Waals surface area (Å²) in [6.45, 7) is 8.12. The Morgan fingerprint density at radius 2 is 2.40 bits per heavy atom. The minimum atomic E-state index is 1.06. The van der Waals surface area contributed by atoms with Crippen LogP contribution in [-0.2, 0) is 0 Å². The average molecular weight is 135 g/mol. The molecule has 1 N–H and O–H groups in total. The summed E-state index contributed by atoms with van der Waals surface area (Å²) in [5, 5.41) is 2.29. The summed E-state index contributed by atoms with van der Waals surface area (Å²) in [5.41, 5.74) is 1.24. The Balaban J connectivity index is 3.32. The maximum Gasteiger partial charge on any atom is 0.0410 e. The van der Waals surface area contributed by atoms with E-state index in [0.29, 0.717) is 0 Å². The van der Waals surface area contributed by atoms with E-state index in [1.54, 1.807) is 0 Å². The van der Waals surface area contributed by atoms with E-state index in [1.807, 2.05) is 6.20 Å². The van der Waals surface area contributed by atoms with E-state index >= 15 is 0 Å². The van der Waals surface area contributed by atoms with Crippen LogP contribution in [0.4, 0.5) is 0 Å². The minimum Gasteiger partial charge on any atom is -0.361 e. The van der Waals surface area contributed by atoms with Gasteiger partial charge in [0.25, 0.3) is 0 Å². The third kappa shape index (κ3) is 1.13. The molecular formula is C9H13N. The smallest absolute Gasteiger partial charge is 0.0410 e. The van der Waals surface area contributed by atoms with Crippen molar-refractivity contribution in [3.8, 4) is 0 Å². The van der Waals surface area contributed by atoms with Gasteiger partial charge in [-0.2, -0.15) is 0 Å².